The van der Waals surface area contributed by atoms with Crippen LogP contribution in [0.2, 0.25) is 0 Å². The van der Waals surface area contributed by atoms with Crippen LogP contribution in [0.4, 0.5) is 0 Å². The molecule has 2 aliphatic heterocycles. The molecular formula is C21H36N4O5. The molecule has 0 bridgehead atoms. The number of aliphatic carboxylic acids is 1. The Balaban J connectivity index is 2.09. The quantitative estimate of drug-likeness (QED) is 0.426. The van der Waals surface area contributed by atoms with Gasteiger partial charge in [0.2, 0.25) is 17.7 Å². The fourth-order valence-corrected chi connectivity index (χ4v) is 4.12. The molecule has 2 rings (SSSR count). The van der Waals surface area contributed by atoms with Crippen molar-refractivity contribution in [3.05, 3.63) is 0 Å². The lowest BCUT2D eigenvalue weighted by atomic mass is 9.99. The average Bonchev–Trinajstić information content (AvgIpc) is 3.35. The van der Waals surface area contributed by atoms with E-state index in [1.807, 2.05) is 27.7 Å². The van der Waals surface area contributed by atoms with Crippen molar-refractivity contribution in [1.82, 2.24) is 20.9 Å². The van der Waals surface area contributed by atoms with Gasteiger partial charge >= 0.3 is 5.97 Å². The van der Waals surface area contributed by atoms with E-state index >= 15 is 0 Å². The summed E-state index contributed by atoms with van der Waals surface area (Å²) in [6.07, 6.45) is 3.15. The monoisotopic (exact) mass is 424 g/mol. The van der Waals surface area contributed by atoms with Crippen LogP contribution in [-0.2, 0) is 19.2 Å². The maximum atomic E-state index is 13.1. The molecule has 0 aliphatic carbocycles. The van der Waals surface area contributed by atoms with Crippen molar-refractivity contribution in [2.24, 2.45) is 11.8 Å². The maximum absolute atomic E-state index is 13.1. The number of amides is 3. The summed E-state index contributed by atoms with van der Waals surface area (Å²) >= 11 is 0. The van der Waals surface area contributed by atoms with E-state index in [0.29, 0.717) is 25.8 Å². The first kappa shape index (κ1) is 24.1. The van der Waals surface area contributed by atoms with Crippen molar-refractivity contribution < 1.29 is 24.3 Å². The molecule has 2 saturated heterocycles. The Morgan fingerprint density at radius 3 is 2.30 bits per heavy atom. The molecule has 4 unspecified atom stereocenters. The summed E-state index contributed by atoms with van der Waals surface area (Å²) in [6.45, 7) is 8.71. The molecule has 4 N–H and O–H groups in total. The number of carboxylic acids is 1. The highest BCUT2D eigenvalue weighted by Gasteiger charge is 2.39. The summed E-state index contributed by atoms with van der Waals surface area (Å²) in [6, 6.07) is -2.73. The number of nitrogens with zero attached hydrogens (tertiary/aromatic N) is 1. The smallest absolute Gasteiger partial charge is 0.326 e. The summed E-state index contributed by atoms with van der Waals surface area (Å²) in [5.41, 5.74) is 0. The van der Waals surface area contributed by atoms with Gasteiger partial charge < -0.3 is 26.0 Å². The van der Waals surface area contributed by atoms with Gasteiger partial charge in [-0.1, -0.05) is 27.7 Å². The molecule has 2 heterocycles. The first-order valence-electron chi connectivity index (χ1n) is 11.0. The number of hydrogen-bond donors (Lipinski definition) is 4. The standard InChI is InChI=1S/C21H36N4O5/c1-12(2)11-15(23-18(26)14-7-5-9-22-14)19(27)24-17(13(3)4)20(28)25-10-6-8-16(25)21(29)30/h12-17,22H,5-11H2,1-4H3,(H,23,26)(H,24,27)(H,29,30). The van der Waals surface area contributed by atoms with E-state index in [1.165, 1.54) is 4.90 Å². The molecule has 2 aliphatic rings. The molecule has 0 radical (unpaired) electrons. The minimum atomic E-state index is -1.02. The van der Waals surface area contributed by atoms with E-state index in [0.717, 1.165) is 19.4 Å². The molecule has 30 heavy (non-hydrogen) atoms. The number of nitrogens with one attached hydrogen (secondary N) is 3. The van der Waals surface area contributed by atoms with Gasteiger partial charge in [-0.05, 0) is 50.5 Å². The molecule has 0 aromatic heterocycles. The molecule has 0 saturated carbocycles. The second kappa shape index (κ2) is 10.7. The highest BCUT2D eigenvalue weighted by Crippen LogP contribution is 2.20. The van der Waals surface area contributed by atoms with Crippen molar-refractivity contribution >= 4 is 23.7 Å². The lowest BCUT2D eigenvalue weighted by molar-refractivity contribution is -0.150. The first-order valence-corrected chi connectivity index (χ1v) is 11.0. The maximum Gasteiger partial charge on any atom is 0.326 e. The third-order valence-electron chi connectivity index (χ3n) is 5.77. The Morgan fingerprint density at radius 1 is 1.07 bits per heavy atom. The molecule has 0 aromatic carbocycles. The number of carbonyl (C=O) groups excluding carboxylic acids is 3. The number of hydrogen-bond acceptors (Lipinski definition) is 5. The van der Waals surface area contributed by atoms with Gasteiger partial charge in [0.05, 0.1) is 6.04 Å². The molecule has 0 spiro atoms. The highest BCUT2D eigenvalue weighted by molar-refractivity contribution is 5.94. The topological polar surface area (TPSA) is 128 Å². The van der Waals surface area contributed by atoms with Gasteiger partial charge in [0.1, 0.15) is 18.1 Å². The van der Waals surface area contributed by atoms with E-state index < -0.39 is 30.0 Å². The zero-order chi connectivity index (χ0) is 22.4. The van der Waals surface area contributed by atoms with Crippen LogP contribution in [0.1, 0.15) is 59.8 Å². The van der Waals surface area contributed by atoms with Crippen LogP contribution in [0.3, 0.4) is 0 Å². The SMILES string of the molecule is CC(C)CC(NC(=O)C1CCCN1)C(=O)NC(C(=O)N1CCCC1C(=O)O)C(C)C. The van der Waals surface area contributed by atoms with Crippen molar-refractivity contribution in [2.75, 3.05) is 13.1 Å². The van der Waals surface area contributed by atoms with E-state index in [9.17, 15) is 24.3 Å². The predicted molar refractivity (Wildman–Crippen MR) is 112 cm³/mol. The van der Waals surface area contributed by atoms with Gasteiger partial charge in [0.15, 0.2) is 0 Å². The summed E-state index contributed by atoms with van der Waals surface area (Å²) in [4.78, 5) is 51.5. The second-order valence-electron chi connectivity index (χ2n) is 9.10. The minimum Gasteiger partial charge on any atom is -0.480 e. The first-order chi connectivity index (χ1) is 14.1. The van der Waals surface area contributed by atoms with E-state index in [-0.39, 0.29) is 29.7 Å². The summed E-state index contributed by atoms with van der Waals surface area (Å²) < 4.78 is 0. The molecule has 9 nitrogen and oxygen atoms in total. The molecule has 2 fully saturated rings. The van der Waals surface area contributed by atoms with Crippen molar-refractivity contribution in [1.29, 1.82) is 0 Å². The van der Waals surface area contributed by atoms with Crippen LogP contribution in [-0.4, -0.2) is 71.0 Å². The van der Waals surface area contributed by atoms with Crippen LogP contribution < -0.4 is 16.0 Å². The van der Waals surface area contributed by atoms with Gasteiger partial charge in [0.25, 0.3) is 0 Å². The Morgan fingerprint density at radius 2 is 1.77 bits per heavy atom. The number of rotatable bonds is 9. The zero-order valence-electron chi connectivity index (χ0n) is 18.4. The normalized spacial score (nSPS) is 23.5. The summed E-state index contributed by atoms with van der Waals surface area (Å²) in [5.74, 6) is -2.07. The minimum absolute atomic E-state index is 0.167. The largest absolute Gasteiger partial charge is 0.480 e. The molecule has 9 heteroatoms. The Hall–Kier alpha value is -2.16. The molecule has 4 atom stereocenters. The lowest BCUT2D eigenvalue weighted by Gasteiger charge is -2.31. The number of carboxylic acid groups (broad SMARTS) is 1. The van der Waals surface area contributed by atoms with E-state index in [1.54, 1.807) is 0 Å². The van der Waals surface area contributed by atoms with Crippen LogP contribution in [0.15, 0.2) is 0 Å². The van der Waals surface area contributed by atoms with E-state index in [2.05, 4.69) is 16.0 Å². The molecule has 0 aromatic rings. The van der Waals surface area contributed by atoms with Crippen molar-refractivity contribution in [3.63, 3.8) is 0 Å². The Bertz CT molecular complexity index is 645. The van der Waals surface area contributed by atoms with Gasteiger partial charge in [-0.25, -0.2) is 4.79 Å². The van der Waals surface area contributed by atoms with Crippen LogP contribution in [0.25, 0.3) is 0 Å². The molecular weight excluding hydrogens is 388 g/mol. The highest BCUT2D eigenvalue weighted by atomic mass is 16.4. The van der Waals surface area contributed by atoms with Crippen LogP contribution in [0.5, 0.6) is 0 Å². The third kappa shape index (κ3) is 6.17. The fraction of sp³-hybridized carbons (Fsp3) is 0.810. The molecule has 170 valence electrons. The van der Waals surface area contributed by atoms with Gasteiger partial charge in [-0.15, -0.1) is 0 Å². The zero-order valence-corrected chi connectivity index (χ0v) is 18.4. The van der Waals surface area contributed by atoms with Crippen LogP contribution >= 0.6 is 0 Å². The van der Waals surface area contributed by atoms with Crippen molar-refractivity contribution in [3.8, 4) is 0 Å². The molecule has 3 amide bonds. The fourth-order valence-electron chi connectivity index (χ4n) is 4.12. The van der Waals surface area contributed by atoms with Gasteiger partial charge in [-0.3, -0.25) is 14.4 Å². The van der Waals surface area contributed by atoms with Gasteiger partial charge in [0, 0.05) is 6.54 Å². The number of likely N-dealkylation sites (tertiary alicyclic amines) is 1. The third-order valence-corrected chi connectivity index (χ3v) is 5.77. The summed E-state index contributed by atoms with van der Waals surface area (Å²) in [5, 5.41) is 18.1. The Kier molecular flexibility index (Phi) is 8.64. The lowest BCUT2D eigenvalue weighted by Crippen LogP contribution is -2.58. The van der Waals surface area contributed by atoms with Crippen molar-refractivity contribution in [2.45, 2.75) is 84.0 Å². The van der Waals surface area contributed by atoms with Gasteiger partial charge in [-0.2, -0.15) is 0 Å². The second-order valence-corrected chi connectivity index (χ2v) is 9.10. The summed E-state index contributed by atoms with van der Waals surface area (Å²) in [7, 11) is 0. The van der Waals surface area contributed by atoms with Crippen LogP contribution in [0, 0.1) is 11.8 Å². The number of carbonyl (C=O) groups is 4. The predicted octanol–water partition coefficient (Wildman–Crippen LogP) is 0.486. The Labute approximate surface area is 178 Å². The average molecular weight is 425 g/mol. The van der Waals surface area contributed by atoms with E-state index in [4.69, 9.17) is 0 Å².